The van der Waals surface area contributed by atoms with Crippen LogP contribution in [-0.2, 0) is 17.4 Å². The van der Waals surface area contributed by atoms with Gasteiger partial charge in [0.25, 0.3) is 0 Å². The van der Waals surface area contributed by atoms with Crippen molar-refractivity contribution in [3.8, 4) is 5.75 Å². The van der Waals surface area contributed by atoms with Gasteiger partial charge in [-0.25, -0.2) is 0 Å². The molecule has 0 aliphatic rings. The zero-order valence-corrected chi connectivity index (χ0v) is 15.7. The van der Waals surface area contributed by atoms with Gasteiger partial charge in [0.15, 0.2) is 0 Å². The van der Waals surface area contributed by atoms with Gasteiger partial charge < -0.3 is 20.9 Å². The van der Waals surface area contributed by atoms with Crippen LogP contribution in [0.1, 0.15) is 11.1 Å². The summed E-state index contributed by atoms with van der Waals surface area (Å²) in [6.45, 7) is -0.262. The number of hydrogen-bond donors (Lipinski definition) is 3. The second kappa shape index (κ2) is 10.9. The lowest BCUT2D eigenvalue weighted by molar-refractivity contribution is -0.137. The molecule has 28 heavy (non-hydrogen) atoms. The molecule has 0 aliphatic heterocycles. The Morgan fingerprint density at radius 3 is 2.29 bits per heavy atom. The van der Waals surface area contributed by atoms with Gasteiger partial charge >= 0.3 is 6.18 Å². The van der Waals surface area contributed by atoms with E-state index in [1.807, 2.05) is 30.3 Å². The Hall–Kier alpha value is -2.29. The molecule has 1 unspecified atom stereocenters. The van der Waals surface area contributed by atoms with E-state index in [9.17, 15) is 23.1 Å². The molecule has 0 saturated carbocycles. The van der Waals surface area contributed by atoms with Crippen molar-refractivity contribution in [2.45, 2.75) is 24.7 Å². The number of hydrogen-bond acceptors (Lipinski definition) is 4. The minimum absolute atomic E-state index is 0. The lowest BCUT2D eigenvalue weighted by Crippen LogP contribution is -2.45. The first-order chi connectivity index (χ1) is 12.8. The quantitative estimate of drug-likeness (QED) is 0.615. The third-order valence-corrected chi connectivity index (χ3v) is 3.77. The average Bonchev–Trinajstić information content (AvgIpc) is 2.64. The van der Waals surface area contributed by atoms with E-state index in [4.69, 9.17) is 10.5 Å². The molecule has 0 spiro atoms. The van der Waals surface area contributed by atoms with E-state index >= 15 is 0 Å². The highest BCUT2D eigenvalue weighted by molar-refractivity contribution is 5.85. The highest BCUT2D eigenvalue weighted by Crippen LogP contribution is 2.30. The van der Waals surface area contributed by atoms with Crippen molar-refractivity contribution < 1.29 is 27.8 Å². The van der Waals surface area contributed by atoms with E-state index < -0.39 is 29.8 Å². The number of halogens is 4. The molecule has 0 fully saturated rings. The largest absolute Gasteiger partial charge is 0.491 e. The maximum absolute atomic E-state index is 12.5. The van der Waals surface area contributed by atoms with E-state index in [-0.39, 0.29) is 31.3 Å². The molecule has 5 nitrogen and oxygen atoms in total. The van der Waals surface area contributed by atoms with Gasteiger partial charge in [-0.1, -0.05) is 30.3 Å². The van der Waals surface area contributed by atoms with E-state index in [2.05, 4.69) is 5.32 Å². The number of rotatable bonds is 8. The molecule has 0 radical (unpaired) electrons. The molecule has 2 atom stereocenters. The summed E-state index contributed by atoms with van der Waals surface area (Å²) >= 11 is 0. The summed E-state index contributed by atoms with van der Waals surface area (Å²) in [7, 11) is 0. The Morgan fingerprint density at radius 1 is 1.11 bits per heavy atom. The summed E-state index contributed by atoms with van der Waals surface area (Å²) in [4.78, 5) is 12.0. The van der Waals surface area contributed by atoms with Crippen LogP contribution in [-0.4, -0.2) is 36.3 Å². The normalized spacial score (nSPS) is 13.2. The van der Waals surface area contributed by atoms with Gasteiger partial charge in [-0.2, -0.15) is 13.2 Å². The van der Waals surface area contributed by atoms with Crippen molar-refractivity contribution in [2.75, 3.05) is 13.2 Å². The zero-order valence-electron chi connectivity index (χ0n) is 14.9. The number of ether oxygens (including phenoxy) is 1. The van der Waals surface area contributed by atoms with Crippen LogP contribution in [0.2, 0.25) is 0 Å². The molecule has 2 rings (SSSR count). The third-order valence-electron chi connectivity index (χ3n) is 3.77. The molecule has 9 heteroatoms. The number of amides is 1. The van der Waals surface area contributed by atoms with Crippen LogP contribution in [0.4, 0.5) is 13.2 Å². The van der Waals surface area contributed by atoms with E-state index in [0.717, 1.165) is 17.7 Å². The van der Waals surface area contributed by atoms with Crippen LogP contribution in [0.25, 0.3) is 0 Å². The molecule has 2 aromatic carbocycles. The zero-order chi connectivity index (χ0) is 19.9. The van der Waals surface area contributed by atoms with Crippen molar-refractivity contribution in [2.24, 2.45) is 5.73 Å². The van der Waals surface area contributed by atoms with Crippen molar-refractivity contribution >= 4 is 18.3 Å². The number of aliphatic hydroxyl groups excluding tert-OH is 1. The molecule has 2 aromatic rings. The maximum atomic E-state index is 12.5. The highest BCUT2D eigenvalue weighted by Gasteiger charge is 2.30. The maximum Gasteiger partial charge on any atom is 0.416 e. The van der Waals surface area contributed by atoms with Gasteiger partial charge in [-0.3, -0.25) is 4.79 Å². The molecule has 154 valence electrons. The first kappa shape index (κ1) is 23.7. The first-order valence-electron chi connectivity index (χ1n) is 8.31. The van der Waals surface area contributed by atoms with Gasteiger partial charge in [-0.15, -0.1) is 12.4 Å². The van der Waals surface area contributed by atoms with Gasteiger partial charge in [0.05, 0.1) is 11.6 Å². The van der Waals surface area contributed by atoms with Gasteiger partial charge in [-0.05, 0) is 36.2 Å². The van der Waals surface area contributed by atoms with E-state index in [1.165, 1.54) is 12.1 Å². The molecule has 0 saturated heterocycles. The van der Waals surface area contributed by atoms with Gasteiger partial charge in [0.1, 0.15) is 18.5 Å². The van der Waals surface area contributed by atoms with Crippen molar-refractivity contribution in [3.63, 3.8) is 0 Å². The van der Waals surface area contributed by atoms with E-state index in [1.54, 1.807) is 0 Å². The Bertz CT molecular complexity index is 727. The number of aliphatic hydroxyl groups is 1. The predicted octanol–water partition coefficient (Wildman–Crippen LogP) is 2.55. The predicted molar refractivity (Wildman–Crippen MR) is 101 cm³/mol. The number of benzene rings is 2. The molecular formula is C19H22ClF3N2O3. The van der Waals surface area contributed by atoms with E-state index in [0.29, 0.717) is 6.42 Å². The van der Waals surface area contributed by atoms with Crippen molar-refractivity contribution in [1.82, 2.24) is 5.32 Å². The van der Waals surface area contributed by atoms with Crippen molar-refractivity contribution in [1.29, 1.82) is 0 Å². The molecule has 0 aliphatic carbocycles. The summed E-state index contributed by atoms with van der Waals surface area (Å²) in [6, 6.07) is 12.7. The fraction of sp³-hybridized carbons (Fsp3) is 0.316. The summed E-state index contributed by atoms with van der Waals surface area (Å²) in [5.74, 6) is -0.221. The molecule has 0 bridgehead atoms. The Balaban J connectivity index is 0.00000392. The number of nitrogens with one attached hydrogen (secondary N) is 1. The first-order valence-corrected chi connectivity index (χ1v) is 8.31. The number of nitrogens with two attached hydrogens (primary N) is 1. The number of alkyl halides is 3. The van der Waals surface area contributed by atoms with Crippen LogP contribution in [0.15, 0.2) is 54.6 Å². The minimum atomic E-state index is -4.42. The van der Waals surface area contributed by atoms with Crippen LogP contribution < -0.4 is 15.8 Å². The molecule has 0 aromatic heterocycles. The SMILES string of the molecule is Cl.N[C@@H](Cc1ccccc1)C(=O)NCC(O)COc1ccc(C(F)(F)F)cc1. The summed E-state index contributed by atoms with van der Waals surface area (Å²) < 4.78 is 42.7. The molecular weight excluding hydrogens is 397 g/mol. The Labute approximate surface area is 167 Å². The van der Waals surface area contributed by atoms with Crippen LogP contribution in [0.5, 0.6) is 5.75 Å². The summed E-state index contributed by atoms with van der Waals surface area (Å²) in [5, 5.41) is 12.4. The Morgan fingerprint density at radius 2 is 1.71 bits per heavy atom. The van der Waals surface area contributed by atoms with Crippen molar-refractivity contribution in [3.05, 3.63) is 65.7 Å². The highest BCUT2D eigenvalue weighted by atomic mass is 35.5. The third kappa shape index (κ3) is 7.75. The van der Waals surface area contributed by atoms with Gasteiger partial charge in [0.2, 0.25) is 5.91 Å². The Kier molecular flexibility index (Phi) is 9.24. The lowest BCUT2D eigenvalue weighted by atomic mass is 10.1. The lowest BCUT2D eigenvalue weighted by Gasteiger charge is -2.16. The fourth-order valence-corrected chi connectivity index (χ4v) is 2.30. The topological polar surface area (TPSA) is 84.6 Å². The molecule has 1 amide bonds. The smallest absolute Gasteiger partial charge is 0.416 e. The fourth-order valence-electron chi connectivity index (χ4n) is 2.30. The van der Waals surface area contributed by atoms with Gasteiger partial charge in [0, 0.05) is 6.54 Å². The molecule has 0 heterocycles. The standard InChI is InChI=1S/C19H21F3N2O3.ClH/c20-19(21,22)14-6-8-16(9-7-14)27-12-15(25)11-24-18(26)17(23)10-13-4-2-1-3-5-13;/h1-9,15,17,25H,10-12,23H2,(H,24,26);1H/t15?,17-;/m0./s1. The monoisotopic (exact) mass is 418 g/mol. The minimum Gasteiger partial charge on any atom is -0.491 e. The summed E-state index contributed by atoms with van der Waals surface area (Å²) in [6.07, 6.45) is -5.08. The second-order valence-electron chi connectivity index (χ2n) is 6.03. The molecule has 4 N–H and O–H groups in total. The van der Waals surface area contributed by atoms with Crippen LogP contribution in [0, 0.1) is 0 Å². The van der Waals surface area contributed by atoms with Crippen LogP contribution >= 0.6 is 12.4 Å². The summed E-state index contributed by atoms with van der Waals surface area (Å²) in [5.41, 5.74) is 5.97. The van der Waals surface area contributed by atoms with Crippen LogP contribution in [0.3, 0.4) is 0 Å². The number of carbonyl (C=O) groups excluding carboxylic acids is 1. The second-order valence-corrected chi connectivity index (χ2v) is 6.03. The average molecular weight is 419 g/mol. The number of carbonyl (C=O) groups is 1.